The van der Waals surface area contributed by atoms with Crippen LogP contribution in [0.4, 0.5) is 5.69 Å². The minimum atomic E-state index is -0.173. The molecule has 0 aliphatic carbocycles. The molecule has 1 heterocycles. The van der Waals surface area contributed by atoms with Crippen LogP contribution in [0, 0.1) is 6.92 Å². The van der Waals surface area contributed by atoms with E-state index in [1.165, 1.54) is 0 Å². The van der Waals surface area contributed by atoms with Crippen LogP contribution in [-0.4, -0.2) is 10.9 Å². The van der Waals surface area contributed by atoms with Crippen LogP contribution in [0.1, 0.15) is 15.9 Å². The van der Waals surface area contributed by atoms with Crippen LogP contribution in [0.3, 0.4) is 0 Å². The summed E-state index contributed by atoms with van der Waals surface area (Å²) >= 11 is 9.62. The molecule has 0 atom stereocenters. The molecule has 1 aromatic heterocycles. The van der Waals surface area contributed by atoms with Gasteiger partial charge in [0.2, 0.25) is 5.89 Å². The van der Waals surface area contributed by atoms with Gasteiger partial charge in [0.1, 0.15) is 5.52 Å². The highest BCUT2D eigenvalue weighted by atomic mass is 79.9. The van der Waals surface area contributed by atoms with Gasteiger partial charge >= 0.3 is 0 Å². The van der Waals surface area contributed by atoms with E-state index in [0.717, 1.165) is 26.4 Å². The SMILES string of the molecule is Cc1c(NC(=O)c2cccc3c(Br)cccc23)cccc1-c1nc2cc(Cl)ccc2o1. The second-order valence-electron chi connectivity index (χ2n) is 7.20. The second-order valence-corrected chi connectivity index (χ2v) is 8.49. The Hall–Kier alpha value is -3.15. The zero-order valence-corrected chi connectivity index (χ0v) is 18.8. The van der Waals surface area contributed by atoms with Crippen molar-refractivity contribution in [3.05, 3.63) is 93.4 Å². The molecule has 1 amide bonds. The number of nitrogens with zero attached hydrogens (tertiary/aromatic N) is 1. The smallest absolute Gasteiger partial charge is 0.256 e. The zero-order valence-electron chi connectivity index (χ0n) is 16.4. The van der Waals surface area contributed by atoms with Gasteiger partial charge in [0.15, 0.2) is 5.58 Å². The molecule has 0 aliphatic rings. The molecule has 5 aromatic rings. The van der Waals surface area contributed by atoms with Crippen LogP contribution in [0.5, 0.6) is 0 Å². The molecule has 5 rings (SSSR count). The van der Waals surface area contributed by atoms with Crippen molar-refractivity contribution in [1.29, 1.82) is 0 Å². The number of fused-ring (bicyclic) bond motifs is 2. The van der Waals surface area contributed by atoms with Crippen LogP contribution in [0.15, 0.2) is 81.7 Å². The van der Waals surface area contributed by atoms with Crippen molar-refractivity contribution in [2.45, 2.75) is 6.92 Å². The maximum atomic E-state index is 13.1. The molecular formula is C25H16BrClN2O2. The normalized spacial score (nSPS) is 11.2. The van der Waals surface area contributed by atoms with Gasteiger partial charge in [-0.15, -0.1) is 0 Å². The van der Waals surface area contributed by atoms with E-state index in [2.05, 4.69) is 26.2 Å². The van der Waals surface area contributed by atoms with Crippen molar-refractivity contribution in [3.63, 3.8) is 0 Å². The number of amides is 1. The van der Waals surface area contributed by atoms with E-state index in [4.69, 9.17) is 16.0 Å². The van der Waals surface area contributed by atoms with Gasteiger partial charge in [0.05, 0.1) is 0 Å². The van der Waals surface area contributed by atoms with Gasteiger partial charge in [-0.3, -0.25) is 4.79 Å². The number of hydrogen-bond acceptors (Lipinski definition) is 3. The van der Waals surface area contributed by atoms with Gasteiger partial charge < -0.3 is 9.73 Å². The van der Waals surface area contributed by atoms with Crippen molar-refractivity contribution in [2.24, 2.45) is 0 Å². The number of hydrogen-bond donors (Lipinski definition) is 1. The van der Waals surface area contributed by atoms with Gasteiger partial charge in [0, 0.05) is 26.3 Å². The molecule has 4 aromatic carbocycles. The van der Waals surface area contributed by atoms with Gasteiger partial charge in [0.25, 0.3) is 5.91 Å². The van der Waals surface area contributed by atoms with Crippen molar-refractivity contribution in [3.8, 4) is 11.5 Å². The molecule has 0 spiro atoms. The van der Waals surface area contributed by atoms with Crippen molar-refractivity contribution in [1.82, 2.24) is 4.98 Å². The summed E-state index contributed by atoms with van der Waals surface area (Å²) in [6, 6.07) is 22.5. The lowest BCUT2D eigenvalue weighted by Crippen LogP contribution is -2.13. The third kappa shape index (κ3) is 3.60. The first-order chi connectivity index (χ1) is 15.0. The highest BCUT2D eigenvalue weighted by Gasteiger charge is 2.16. The molecule has 31 heavy (non-hydrogen) atoms. The minimum Gasteiger partial charge on any atom is -0.436 e. The monoisotopic (exact) mass is 490 g/mol. The van der Waals surface area contributed by atoms with Gasteiger partial charge in [-0.25, -0.2) is 4.98 Å². The Morgan fingerprint density at radius 2 is 1.77 bits per heavy atom. The first-order valence-corrected chi connectivity index (χ1v) is 10.8. The molecule has 0 bridgehead atoms. The number of oxazole rings is 1. The summed E-state index contributed by atoms with van der Waals surface area (Å²) in [5.74, 6) is 0.313. The van der Waals surface area contributed by atoms with Crippen LogP contribution in [0.25, 0.3) is 33.3 Å². The third-order valence-corrected chi connectivity index (χ3v) is 6.20. The van der Waals surface area contributed by atoms with E-state index < -0.39 is 0 Å². The largest absolute Gasteiger partial charge is 0.436 e. The fraction of sp³-hybridized carbons (Fsp3) is 0.0400. The standard InChI is InChI=1S/C25H16BrClN2O2/c1-14-16(25-29-22-13-15(27)11-12-23(22)31-25)5-4-10-21(14)28-24(30)19-8-2-7-18-17(19)6-3-9-20(18)26/h2-13H,1H3,(H,28,30). The summed E-state index contributed by atoms with van der Waals surface area (Å²) in [5, 5.41) is 5.53. The highest BCUT2D eigenvalue weighted by Crippen LogP contribution is 2.32. The van der Waals surface area contributed by atoms with Gasteiger partial charge in [-0.2, -0.15) is 0 Å². The lowest BCUT2D eigenvalue weighted by Gasteiger charge is -2.12. The highest BCUT2D eigenvalue weighted by molar-refractivity contribution is 9.10. The summed E-state index contributed by atoms with van der Waals surface area (Å²) in [4.78, 5) is 17.7. The zero-order chi connectivity index (χ0) is 21.5. The third-order valence-electron chi connectivity index (χ3n) is 5.28. The summed E-state index contributed by atoms with van der Waals surface area (Å²) in [6.07, 6.45) is 0. The molecule has 0 fully saturated rings. The number of nitrogens with one attached hydrogen (secondary N) is 1. The number of benzene rings is 4. The Morgan fingerprint density at radius 3 is 2.65 bits per heavy atom. The van der Waals surface area contributed by atoms with E-state index in [1.54, 1.807) is 18.2 Å². The predicted octanol–water partition coefficient (Wildman–Crippen LogP) is 7.62. The fourth-order valence-electron chi connectivity index (χ4n) is 3.68. The Bertz CT molecular complexity index is 1480. The summed E-state index contributed by atoms with van der Waals surface area (Å²) in [5.41, 5.74) is 4.35. The molecule has 1 N–H and O–H groups in total. The lowest BCUT2D eigenvalue weighted by atomic mass is 10.0. The van der Waals surface area contributed by atoms with Crippen LogP contribution < -0.4 is 5.32 Å². The molecule has 152 valence electrons. The second kappa shape index (κ2) is 7.84. The van der Waals surface area contributed by atoms with Crippen LogP contribution >= 0.6 is 27.5 Å². The number of carbonyl (C=O) groups excluding carboxylic acids is 1. The quantitative estimate of drug-likeness (QED) is 0.282. The molecular weight excluding hydrogens is 476 g/mol. The number of halogens is 2. The Morgan fingerprint density at radius 1 is 1.00 bits per heavy atom. The average Bonchev–Trinajstić information content (AvgIpc) is 3.18. The summed E-state index contributed by atoms with van der Waals surface area (Å²) in [7, 11) is 0. The maximum absolute atomic E-state index is 13.1. The number of aromatic nitrogens is 1. The van der Waals surface area contributed by atoms with E-state index in [0.29, 0.717) is 33.3 Å². The Labute approximate surface area is 192 Å². The molecule has 6 heteroatoms. The number of carbonyl (C=O) groups is 1. The number of rotatable bonds is 3. The van der Waals surface area contributed by atoms with E-state index >= 15 is 0 Å². The fourth-order valence-corrected chi connectivity index (χ4v) is 4.34. The van der Waals surface area contributed by atoms with Crippen molar-refractivity contribution >= 4 is 61.0 Å². The van der Waals surface area contributed by atoms with E-state index in [1.807, 2.05) is 61.5 Å². The average molecular weight is 492 g/mol. The summed E-state index contributed by atoms with van der Waals surface area (Å²) in [6.45, 7) is 1.94. The first kappa shape index (κ1) is 19.8. The topological polar surface area (TPSA) is 55.1 Å². The minimum absolute atomic E-state index is 0.173. The van der Waals surface area contributed by atoms with Crippen molar-refractivity contribution < 1.29 is 9.21 Å². The van der Waals surface area contributed by atoms with Gasteiger partial charge in [-0.05, 0) is 65.7 Å². The number of anilines is 1. The molecule has 0 unspecified atom stereocenters. The first-order valence-electron chi connectivity index (χ1n) is 9.66. The maximum Gasteiger partial charge on any atom is 0.256 e. The molecule has 4 nitrogen and oxygen atoms in total. The van der Waals surface area contributed by atoms with Crippen LogP contribution in [0.2, 0.25) is 5.02 Å². The lowest BCUT2D eigenvalue weighted by molar-refractivity contribution is 0.102. The van der Waals surface area contributed by atoms with E-state index in [9.17, 15) is 4.79 Å². The molecule has 0 radical (unpaired) electrons. The predicted molar refractivity (Wildman–Crippen MR) is 129 cm³/mol. The Balaban J connectivity index is 1.52. The van der Waals surface area contributed by atoms with Crippen molar-refractivity contribution in [2.75, 3.05) is 5.32 Å². The van der Waals surface area contributed by atoms with Crippen LogP contribution in [-0.2, 0) is 0 Å². The van der Waals surface area contributed by atoms with E-state index in [-0.39, 0.29) is 5.91 Å². The molecule has 0 saturated carbocycles. The summed E-state index contributed by atoms with van der Waals surface area (Å²) < 4.78 is 6.87. The molecule has 0 aliphatic heterocycles. The Kier molecular flexibility index (Phi) is 5.00. The molecule has 0 saturated heterocycles. The van der Waals surface area contributed by atoms with Gasteiger partial charge in [-0.1, -0.05) is 57.9 Å².